The van der Waals surface area contributed by atoms with Crippen LogP contribution >= 0.6 is 34.8 Å². The second-order valence-corrected chi connectivity index (χ2v) is 6.11. The smallest absolute Gasteiger partial charge is 0.178 e. The molecule has 1 aromatic carbocycles. The van der Waals surface area contributed by atoms with Crippen LogP contribution in [0.25, 0.3) is 11.0 Å². The minimum atomic E-state index is 0.859. The second kappa shape index (κ2) is 4.14. The lowest BCUT2D eigenvalue weighted by atomic mass is 10.3. The van der Waals surface area contributed by atoms with Crippen LogP contribution in [0.1, 0.15) is 19.3 Å². The normalized spacial score (nSPS) is 15.8. The number of nitrogens with one attached hydrogen (secondary N) is 1. The molecule has 1 heterocycles. The van der Waals surface area contributed by atoms with Gasteiger partial charge in [-0.1, -0.05) is 12.8 Å². The fraction of sp³-hybridized carbons (Fsp3) is 0.417. The number of benzene rings is 1. The number of halogens is 1. The van der Waals surface area contributed by atoms with Crippen LogP contribution in [0.4, 0.5) is 0 Å². The molecule has 0 unspecified atom stereocenters. The molecule has 16 heavy (non-hydrogen) atoms. The first kappa shape index (κ1) is 10.8. The number of hydrogen-bond acceptors (Lipinski definition) is 1. The predicted molar refractivity (Wildman–Crippen MR) is 77.2 cm³/mol. The van der Waals surface area contributed by atoms with Crippen molar-refractivity contribution in [3.63, 3.8) is 0 Å². The van der Waals surface area contributed by atoms with Crippen LogP contribution < -0.4 is 0 Å². The fourth-order valence-electron chi connectivity index (χ4n) is 2.08. The maximum atomic E-state index is 5.37. The van der Waals surface area contributed by atoms with Gasteiger partial charge in [0.15, 0.2) is 4.77 Å². The molecule has 0 atom stereocenters. The van der Waals surface area contributed by atoms with Crippen LogP contribution in [0.2, 0.25) is 0 Å². The minimum Gasteiger partial charge on any atom is -0.331 e. The lowest BCUT2D eigenvalue weighted by Gasteiger charge is -2.03. The molecule has 2 aromatic rings. The zero-order valence-corrected chi connectivity index (χ0v) is 11.8. The molecule has 1 aliphatic rings. The van der Waals surface area contributed by atoms with Gasteiger partial charge in [0, 0.05) is 10.1 Å². The summed E-state index contributed by atoms with van der Waals surface area (Å²) < 4.78 is 4.34. The maximum absolute atomic E-state index is 5.37. The van der Waals surface area contributed by atoms with Crippen molar-refractivity contribution in [3.8, 4) is 0 Å². The fourth-order valence-corrected chi connectivity index (χ4v) is 2.87. The van der Waals surface area contributed by atoms with Crippen LogP contribution in [0.15, 0.2) is 18.2 Å². The molecule has 0 saturated heterocycles. The third kappa shape index (κ3) is 2.05. The van der Waals surface area contributed by atoms with Crippen molar-refractivity contribution < 1.29 is 0 Å². The van der Waals surface area contributed by atoms with Gasteiger partial charge in [-0.25, -0.2) is 0 Å². The first-order chi connectivity index (χ1) is 7.74. The SMILES string of the molecule is S=c1[nH]c2cc(I)ccc2n1CCC1CC1. The Balaban J connectivity index is 2.01. The van der Waals surface area contributed by atoms with E-state index >= 15 is 0 Å². The zero-order valence-electron chi connectivity index (χ0n) is 8.87. The van der Waals surface area contributed by atoms with Gasteiger partial charge in [-0.2, -0.15) is 0 Å². The number of rotatable bonds is 3. The number of aryl methyl sites for hydroxylation is 1. The summed E-state index contributed by atoms with van der Waals surface area (Å²) in [4.78, 5) is 3.28. The summed E-state index contributed by atoms with van der Waals surface area (Å²) >= 11 is 7.70. The Kier molecular flexibility index (Phi) is 2.79. The van der Waals surface area contributed by atoms with Crippen molar-refractivity contribution in [1.82, 2.24) is 9.55 Å². The van der Waals surface area contributed by atoms with E-state index in [4.69, 9.17) is 12.2 Å². The van der Waals surface area contributed by atoms with Crippen LogP contribution in [0.3, 0.4) is 0 Å². The van der Waals surface area contributed by atoms with Gasteiger partial charge in [0.2, 0.25) is 0 Å². The molecule has 4 heteroatoms. The van der Waals surface area contributed by atoms with Crippen molar-refractivity contribution in [3.05, 3.63) is 26.5 Å². The molecule has 1 N–H and O–H groups in total. The highest BCUT2D eigenvalue weighted by Crippen LogP contribution is 2.33. The van der Waals surface area contributed by atoms with E-state index < -0.39 is 0 Å². The van der Waals surface area contributed by atoms with Gasteiger partial charge >= 0.3 is 0 Å². The highest BCUT2D eigenvalue weighted by Gasteiger charge is 2.21. The monoisotopic (exact) mass is 344 g/mol. The quantitative estimate of drug-likeness (QED) is 0.657. The molecule has 2 nitrogen and oxygen atoms in total. The molecular formula is C12H13IN2S. The lowest BCUT2D eigenvalue weighted by molar-refractivity contribution is 0.603. The van der Waals surface area contributed by atoms with Crippen molar-refractivity contribution >= 4 is 45.8 Å². The molecular weight excluding hydrogens is 331 g/mol. The van der Waals surface area contributed by atoms with Gasteiger partial charge in [-0.05, 0) is 65.3 Å². The molecule has 1 aliphatic carbocycles. The van der Waals surface area contributed by atoms with E-state index in [1.807, 2.05) is 0 Å². The highest BCUT2D eigenvalue weighted by atomic mass is 127. The van der Waals surface area contributed by atoms with E-state index in [1.165, 1.54) is 28.3 Å². The third-order valence-corrected chi connectivity index (χ3v) is 4.19. The van der Waals surface area contributed by atoms with Crippen molar-refractivity contribution in [2.45, 2.75) is 25.8 Å². The van der Waals surface area contributed by atoms with Crippen molar-refractivity contribution in [2.75, 3.05) is 0 Å². The van der Waals surface area contributed by atoms with Gasteiger partial charge < -0.3 is 9.55 Å². The van der Waals surface area contributed by atoms with Crippen LogP contribution in [0, 0.1) is 14.3 Å². The zero-order chi connectivity index (χ0) is 11.1. The highest BCUT2D eigenvalue weighted by molar-refractivity contribution is 14.1. The minimum absolute atomic E-state index is 0.859. The van der Waals surface area contributed by atoms with Crippen LogP contribution in [0.5, 0.6) is 0 Å². The number of H-pyrrole nitrogens is 1. The van der Waals surface area contributed by atoms with Crippen molar-refractivity contribution in [2.24, 2.45) is 5.92 Å². The number of imidazole rings is 1. The van der Waals surface area contributed by atoms with E-state index in [-0.39, 0.29) is 0 Å². The average molecular weight is 344 g/mol. The maximum Gasteiger partial charge on any atom is 0.178 e. The Morgan fingerprint density at radius 3 is 3.00 bits per heavy atom. The Labute approximate surface area is 113 Å². The lowest BCUT2D eigenvalue weighted by Crippen LogP contribution is -1.98. The molecule has 3 rings (SSSR count). The average Bonchev–Trinajstić information content (AvgIpc) is 3.00. The summed E-state index contributed by atoms with van der Waals surface area (Å²) in [6, 6.07) is 6.45. The Morgan fingerprint density at radius 1 is 1.44 bits per heavy atom. The summed E-state index contributed by atoms with van der Waals surface area (Å²) in [5.74, 6) is 0.954. The number of hydrogen-bond donors (Lipinski definition) is 1. The van der Waals surface area contributed by atoms with E-state index in [1.54, 1.807) is 0 Å². The predicted octanol–water partition coefficient (Wildman–Crippen LogP) is 4.10. The Morgan fingerprint density at radius 2 is 2.25 bits per heavy atom. The van der Waals surface area contributed by atoms with Gasteiger partial charge in [0.25, 0.3) is 0 Å². The molecule has 0 radical (unpaired) electrons. The summed E-state index contributed by atoms with van der Waals surface area (Å²) in [5, 5.41) is 0. The molecule has 0 spiro atoms. The molecule has 0 bridgehead atoms. The molecule has 1 aromatic heterocycles. The largest absolute Gasteiger partial charge is 0.331 e. The van der Waals surface area contributed by atoms with Gasteiger partial charge in [0.1, 0.15) is 0 Å². The molecule has 0 amide bonds. The summed E-state index contributed by atoms with van der Waals surface area (Å²) in [6.45, 7) is 1.06. The molecule has 0 aliphatic heterocycles. The first-order valence-electron chi connectivity index (χ1n) is 5.62. The van der Waals surface area contributed by atoms with E-state index in [0.717, 1.165) is 22.8 Å². The second-order valence-electron chi connectivity index (χ2n) is 4.48. The molecule has 1 saturated carbocycles. The van der Waals surface area contributed by atoms with E-state index in [9.17, 15) is 0 Å². The Bertz CT molecular complexity index is 580. The number of fused-ring (bicyclic) bond motifs is 1. The van der Waals surface area contributed by atoms with Gasteiger partial charge in [-0.15, -0.1) is 0 Å². The summed E-state index contributed by atoms with van der Waals surface area (Å²) in [5.41, 5.74) is 2.40. The molecule has 1 fully saturated rings. The van der Waals surface area contributed by atoms with Crippen LogP contribution in [-0.2, 0) is 6.54 Å². The topological polar surface area (TPSA) is 20.7 Å². The standard InChI is InChI=1S/C12H13IN2S/c13-9-3-4-11-10(7-9)14-12(16)15(11)6-5-8-1-2-8/h3-4,7-8H,1-2,5-6H2,(H,14,16). The summed E-state index contributed by atoms with van der Waals surface area (Å²) in [6.07, 6.45) is 4.09. The number of aromatic amines is 1. The van der Waals surface area contributed by atoms with Gasteiger partial charge in [-0.3, -0.25) is 0 Å². The first-order valence-corrected chi connectivity index (χ1v) is 7.11. The van der Waals surface area contributed by atoms with E-state index in [2.05, 4.69) is 50.3 Å². The third-order valence-electron chi connectivity index (χ3n) is 3.19. The van der Waals surface area contributed by atoms with E-state index in [0.29, 0.717) is 0 Å². The number of nitrogens with zero attached hydrogens (tertiary/aromatic N) is 1. The van der Waals surface area contributed by atoms with Crippen molar-refractivity contribution in [1.29, 1.82) is 0 Å². The Hall–Kier alpha value is -0.360. The molecule has 84 valence electrons. The number of aromatic nitrogens is 2. The van der Waals surface area contributed by atoms with Crippen LogP contribution in [-0.4, -0.2) is 9.55 Å². The van der Waals surface area contributed by atoms with Gasteiger partial charge in [0.05, 0.1) is 11.0 Å². The summed E-state index contributed by atoms with van der Waals surface area (Å²) in [7, 11) is 0.